The lowest BCUT2D eigenvalue weighted by Crippen LogP contribution is -2.48. The Morgan fingerprint density at radius 2 is 1.70 bits per heavy atom. The molecule has 2 atom stereocenters. The predicted molar refractivity (Wildman–Crippen MR) is 126 cm³/mol. The summed E-state index contributed by atoms with van der Waals surface area (Å²) < 4.78 is 47.7. The maximum absolute atomic E-state index is 12.7. The van der Waals surface area contributed by atoms with E-state index in [1.54, 1.807) is 33.5 Å². The number of ether oxygens (including phenoxy) is 3. The number of methoxy groups -OCH3 is 3. The molecule has 3 rings (SSSR count). The molecular formula is C25H34O7S. The molecule has 2 aromatic carbocycles. The average Bonchev–Trinajstić information content (AvgIpc) is 2.79. The first-order valence-corrected chi connectivity index (χ1v) is 12.5. The predicted octanol–water partition coefficient (Wildman–Crippen LogP) is 4.02. The highest BCUT2D eigenvalue weighted by Crippen LogP contribution is 2.53. The third-order valence-electron chi connectivity index (χ3n) is 6.79. The van der Waals surface area contributed by atoms with Crippen molar-refractivity contribution in [3.05, 3.63) is 47.0 Å². The van der Waals surface area contributed by atoms with Crippen LogP contribution in [0.15, 0.2) is 35.2 Å². The number of hydrogen-bond acceptors (Lipinski definition) is 7. The zero-order valence-corrected chi connectivity index (χ0v) is 21.0. The van der Waals surface area contributed by atoms with Gasteiger partial charge in [-0.1, -0.05) is 31.5 Å². The second-order valence-corrected chi connectivity index (χ2v) is 10.4. The minimum absolute atomic E-state index is 0.0139. The minimum Gasteiger partial charge on any atom is -0.493 e. The monoisotopic (exact) mass is 478 g/mol. The second-order valence-electron chi connectivity index (χ2n) is 8.76. The van der Waals surface area contributed by atoms with Crippen LogP contribution in [0.1, 0.15) is 43.4 Å². The van der Waals surface area contributed by atoms with E-state index >= 15 is 0 Å². The van der Waals surface area contributed by atoms with E-state index in [0.29, 0.717) is 36.5 Å². The van der Waals surface area contributed by atoms with Gasteiger partial charge in [-0.2, -0.15) is 8.42 Å². The Kier molecular flexibility index (Phi) is 7.61. The first-order chi connectivity index (χ1) is 15.6. The average molecular weight is 479 g/mol. The molecule has 8 heteroatoms. The summed E-state index contributed by atoms with van der Waals surface area (Å²) in [6.45, 7) is 5.87. The molecule has 1 aliphatic rings. The van der Waals surface area contributed by atoms with E-state index in [-0.39, 0.29) is 17.4 Å². The standard InChI is InChI=1S/C25H34O7S/c1-16(2)25(13-14-32-33(27,28)18-9-7-17(3)8-10-18)20-15-21(29-4)24(31-6)23(30-5)19(20)11-12-22(25)26/h7-10,15-16,22,26H,11-14H2,1-6H3. The summed E-state index contributed by atoms with van der Waals surface area (Å²) in [4.78, 5) is 0.115. The summed E-state index contributed by atoms with van der Waals surface area (Å²) in [5.41, 5.74) is 2.04. The Morgan fingerprint density at radius 1 is 1.06 bits per heavy atom. The molecule has 0 aromatic heterocycles. The fourth-order valence-corrected chi connectivity index (χ4v) is 5.88. The summed E-state index contributed by atoms with van der Waals surface area (Å²) >= 11 is 0. The highest BCUT2D eigenvalue weighted by atomic mass is 32.2. The molecule has 0 saturated carbocycles. The van der Waals surface area contributed by atoms with E-state index in [4.69, 9.17) is 18.4 Å². The van der Waals surface area contributed by atoms with Crippen LogP contribution in [-0.4, -0.2) is 47.6 Å². The molecule has 182 valence electrons. The Morgan fingerprint density at radius 3 is 2.24 bits per heavy atom. The van der Waals surface area contributed by atoms with Crippen LogP contribution in [0.5, 0.6) is 17.2 Å². The van der Waals surface area contributed by atoms with Crippen molar-refractivity contribution in [3.63, 3.8) is 0 Å². The lowest BCUT2D eigenvalue weighted by Gasteiger charge is -2.47. The topological polar surface area (TPSA) is 91.3 Å². The van der Waals surface area contributed by atoms with Gasteiger partial charge in [-0.3, -0.25) is 4.18 Å². The molecule has 0 bridgehead atoms. The van der Waals surface area contributed by atoms with Gasteiger partial charge < -0.3 is 19.3 Å². The van der Waals surface area contributed by atoms with Crippen molar-refractivity contribution in [1.29, 1.82) is 0 Å². The van der Waals surface area contributed by atoms with Gasteiger partial charge in [-0.15, -0.1) is 0 Å². The van der Waals surface area contributed by atoms with Crippen LogP contribution in [0.2, 0.25) is 0 Å². The lowest BCUT2D eigenvalue weighted by molar-refractivity contribution is 0.0199. The van der Waals surface area contributed by atoms with Crippen molar-refractivity contribution in [3.8, 4) is 17.2 Å². The van der Waals surface area contributed by atoms with E-state index in [9.17, 15) is 13.5 Å². The van der Waals surface area contributed by atoms with Crippen LogP contribution >= 0.6 is 0 Å². The van der Waals surface area contributed by atoms with Crippen molar-refractivity contribution in [2.24, 2.45) is 5.92 Å². The number of aryl methyl sites for hydroxylation is 1. The first-order valence-electron chi connectivity index (χ1n) is 11.1. The van der Waals surface area contributed by atoms with Crippen molar-refractivity contribution < 1.29 is 31.9 Å². The number of aliphatic hydroxyl groups excluding tert-OH is 1. The van der Waals surface area contributed by atoms with E-state index in [0.717, 1.165) is 16.7 Å². The van der Waals surface area contributed by atoms with Gasteiger partial charge in [0.25, 0.3) is 10.1 Å². The van der Waals surface area contributed by atoms with Gasteiger partial charge in [0.05, 0.1) is 38.9 Å². The fraction of sp³-hybridized carbons (Fsp3) is 0.520. The summed E-state index contributed by atoms with van der Waals surface area (Å²) in [6.07, 6.45) is 0.750. The van der Waals surface area contributed by atoms with Crippen molar-refractivity contribution in [2.75, 3.05) is 27.9 Å². The fourth-order valence-electron chi connectivity index (χ4n) is 4.98. The van der Waals surface area contributed by atoms with Crippen LogP contribution in [0.25, 0.3) is 0 Å². The molecule has 0 heterocycles. The van der Waals surface area contributed by atoms with Crippen LogP contribution in [0, 0.1) is 12.8 Å². The Labute approximate surface area is 196 Å². The number of rotatable bonds is 9. The van der Waals surface area contributed by atoms with Crippen molar-refractivity contribution >= 4 is 10.1 Å². The maximum atomic E-state index is 12.7. The first kappa shape index (κ1) is 25.3. The van der Waals surface area contributed by atoms with Crippen LogP contribution < -0.4 is 14.2 Å². The highest BCUT2D eigenvalue weighted by Gasteiger charge is 2.48. The zero-order chi connectivity index (χ0) is 24.4. The number of benzene rings is 2. The van der Waals surface area contributed by atoms with Gasteiger partial charge in [0.2, 0.25) is 5.75 Å². The smallest absolute Gasteiger partial charge is 0.296 e. The van der Waals surface area contributed by atoms with E-state index in [1.165, 1.54) is 12.1 Å². The summed E-state index contributed by atoms with van der Waals surface area (Å²) in [7, 11) is 0.780. The molecule has 1 aliphatic carbocycles. The molecule has 7 nitrogen and oxygen atoms in total. The molecule has 0 saturated heterocycles. The van der Waals surface area contributed by atoms with Crippen LogP contribution in [0.4, 0.5) is 0 Å². The Bertz CT molecular complexity index is 1080. The van der Waals surface area contributed by atoms with E-state index < -0.39 is 21.6 Å². The molecule has 0 radical (unpaired) electrons. The quantitative estimate of drug-likeness (QED) is 0.544. The molecule has 1 N–H and O–H groups in total. The second kappa shape index (κ2) is 9.91. The Hall–Kier alpha value is -2.29. The van der Waals surface area contributed by atoms with Gasteiger partial charge >= 0.3 is 0 Å². The zero-order valence-electron chi connectivity index (χ0n) is 20.2. The molecule has 2 aromatic rings. The van der Waals surface area contributed by atoms with E-state index in [2.05, 4.69) is 0 Å². The van der Waals surface area contributed by atoms with Gasteiger partial charge in [-0.25, -0.2) is 0 Å². The summed E-state index contributed by atoms with van der Waals surface area (Å²) in [5, 5.41) is 11.2. The highest BCUT2D eigenvalue weighted by molar-refractivity contribution is 7.86. The van der Waals surface area contributed by atoms with Gasteiger partial charge in [0.1, 0.15) is 0 Å². The Balaban J connectivity index is 2.01. The van der Waals surface area contributed by atoms with Crippen LogP contribution in [-0.2, 0) is 26.1 Å². The van der Waals surface area contributed by atoms with Crippen molar-refractivity contribution in [2.45, 2.75) is 56.4 Å². The maximum Gasteiger partial charge on any atom is 0.296 e. The summed E-state index contributed by atoms with van der Waals surface area (Å²) in [5.74, 6) is 1.57. The lowest BCUT2D eigenvalue weighted by atomic mass is 9.60. The normalized spacial score (nSPS) is 20.4. The SMILES string of the molecule is COc1cc2c(c(OC)c1OC)CCC(O)C2(CCOS(=O)(=O)c1ccc(C)cc1)C(C)C. The number of fused-ring (bicyclic) bond motifs is 1. The van der Waals surface area contributed by atoms with Gasteiger partial charge in [-0.05, 0) is 55.9 Å². The molecule has 0 spiro atoms. The third kappa shape index (κ3) is 4.56. The molecule has 0 aliphatic heterocycles. The molecule has 0 fully saturated rings. The third-order valence-corrected chi connectivity index (χ3v) is 8.12. The molecule has 0 amide bonds. The van der Waals surface area contributed by atoms with Crippen molar-refractivity contribution in [1.82, 2.24) is 0 Å². The minimum atomic E-state index is -3.91. The largest absolute Gasteiger partial charge is 0.493 e. The molecule has 2 unspecified atom stereocenters. The number of aliphatic hydroxyl groups is 1. The van der Waals surface area contributed by atoms with Gasteiger partial charge in [0.15, 0.2) is 11.5 Å². The summed E-state index contributed by atoms with van der Waals surface area (Å²) in [6, 6.07) is 8.43. The van der Waals surface area contributed by atoms with Crippen LogP contribution in [0.3, 0.4) is 0 Å². The number of hydrogen-bond donors (Lipinski definition) is 1. The molecule has 33 heavy (non-hydrogen) atoms. The van der Waals surface area contributed by atoms with E-state index in [1.807, 2.05) is 26.8 Å². The van der Waals surface area contributed by atoms with Gasteiger partial charge in [0, 0.05) is 11.0 Å². The molecular weight excluding hydrogens is 444 g/mol.